The lowest BCUT2D eigenvalue weighted by molar-refractivity contribution is 0.0322. The number of methoxy groups -OCH3 is 2. The van der Waals surface area contributed by atoms with Gasteiger partial charge in [0, 0.05) is 43.9 Å². The van der Waals surface area contributed by atoms with E-state index in [1.165, 1.54) is 4.90 Å². The van der Waals surface area contributed by atoms with Crippen molar-refractivity contribution in [3.05, 3.63) is 94.9 Å². The van der Waals surface area contributed by atoms with Gasteiger partial charge in [-0.2, -0.15) is 0 Å². The fourth-order valence-corrected chi connectivity index (χ4v) is 5.23. The van der Waals surface area contributed by atoms with Crippen LogP contribution in [0.15, 0.2) is 66.7 Å². The van der Waals surface area contributed by atoms with E-state index < -0.39 is 6.09 Å². The van der Waals surface area contributed by atoms with Gasteiger partial charge in [-0.05, 0) is 61.7 Å². The molecule has 236 valence electrons. The molecule has 0 bridgehead atoms. The lowest BCUT2D eigenvalue weighted by Crippen LogP contribution is -2.38. The van der Waals surface area contributed by atoms with E-state index >= 15 is 0 Å². The molecule has 0 unspecified atom stereocenters. The number of amides is 1. The van der Waals surface area contributed by atoms with Crippen molar-refractivity contribution in [2.24, 2.45) is 0 Å². The van der Waals surface area contributed by atoms with Crippen LogP contribution in [0.5, 0.6) is 23.0 Å². The topological polar surface area (TPSA) is 95.5 Å². The van der Waals surface area contributed by atoms with Gasteiger partial charge in [0.1, 0.15) is 41.2 Å². The molecule has 45 heavy (non-hydrogen) atoms. The van der Waals surface area contributed by atoms with Crippen LogP contribution >= 0.6 is 0 Å². The molecule has 1 amide bonds. The van der Waals surface area contributed by atoms with Crippen molar-refractivity contribution >= 4 is 17.6 Å². The Hall–Kier alpha value is -4.67. The van der Waals surface area contributed by atoms with E-state index in [9.17, 15) is 4.79 Å². The van der Waals surface area contributed by atoms with Crippen LogP contribution in [0.1, 0.15) is 28.2 Å². The highest BCUT2D eigenvalue weighted by atomic mass is 16.6. The highest BCUT2D eigenvalue weighted by molar-refractivity contribution is 5.98. The largest absolute Gasteiger partial charge is 0.497 e. The van der Waals surface area contributed by atoms with Crippen molar-refractivity contribution in [1.29, 1.82) is 0 Å². The molecule has 5 rings (SSSR count). The summed E-state index contributed by atoms with van der Waals surface area (Å²) in [6.07, 6.45) is -0.190. The number of morpholine rings is 1. The van der Waals surface area contributed by atoms with E-state index in [-0.39, 0.29) is 0 Å². The standard InChI is InChI=1S/C35H40N4O6/c1-24-8-6-9-25(2)34(24)45-35(40)39(30-13-12-28(41-4)23-31(30)42-5)33-20-26(3)36-32(37-33)22-27-10-7-11-29(21-27)44-19-16-38-14-17-43-18-15-38/h6-13,20-21,23H,14-19,22H2,1-5H3. The molecular formula is C35H40N4O6. The van der Waals surface area contributed by atoms with Crippen molar-refractivity contribution in [1.82, 2.24) is 14.9 Å². The Balaban J connectivity index is 1.43. The second kappa shape index (κ2) is 14.9. The van der Waals surface area contributed by atoms with Crippen LogP contribution in [0, 0.1) is 20.8 Å². The molecule has 0 N–H and O–H groups in total. The maximum atomic E-state index is 14.0. The third-order valence-corrected chi connectivity index (χ3v) is 7.57. The summed E-state index contributed by atoms with van der Waals surface area (Å²) >= 11 is 0. The average Bonchev–Trinajstić information content (AvgIpc) is 3.03. The Kier molecular flexibility index (Phi) is 10.5. The van der Waals surface area contributed by atoms with Gasteiger partial charge in [0.05, 0.1) is 33.1 Å². The van der Waals surface area contributed by atoms with E-state index in [1.54, 1.807) is 38.5 Å². The van der Waals surface area contributed by atoms with Gasteiger partial charge >= 0.3 is 6.09 Å². The summed E-state index contributed by atoms with van der Waals surface area (Å²) < 4.78 is 28.6. The highest BCUT2D eigenvalue weighted by Crippen LogP contribution is 2.37. The van der Waals surface area contributed by atoms with Crippen molar-refractivity contribution in [2.75, 3.05) is 58.6 Å². The van der Waals surface area contributed by atoms with Crippen molar-refractivity contribution < 1.29 is 28.5 Å². The molecule has 4 aromatic rings. The zero-order chi connectivity index (χ0) is 31.8. The molecular weight excluding hydrogens is 572 g/mol. The number of aryl methyl sites for hydroxylation is 3. The Labute approximate surface area is 264 Å². The van der Waals surface area contributed by atoms with Gasteiger partial charge < -0.3 is 23.7 Å². The Morgan fingerprint density at radius 1 is 0.889 bits per heavy atom. The number of carbonyl (C=O) groups excluding carboxylic acids is 1. The molecule has 0 atom stereocenters. The number of aromatic nitrogens is 2. The summed E-state index contributed by atoms with van der Waals surface area (Å²) in [5.41, 5.74) is 3.83. The second-order valence-electron chi connectivity index (χ2n) is 10.9. The van der Waals surface area contributed by atoms with Gasteiger partial charge in [-0.1, -0.05) is 30.3 Å². The predicted octanol–water partition coefficient (Wildman–Crippen LogP) is 6.06. The number of carbonyl (C=O) groups is 1. The molecule has 0 saturated carbocycles. The number of anilines is 2. The van der Waals surface area contributed by atoms with Gasteiger partial charge in [0.15, 0.2) is 0 Å². The third-order valence-electron chi connectivity index (χ3n) is 7.57. The lowest BCUT2D eigenvalue weighted by Gasteiger charge is -2.26. The molecule has 0 radical (unpaired) electrons. The van der Waals surface area contributed by atoms with E-state index in [0.29, 0.717) is 53.3 Å². The van der Waals surface area contributed by atoms with Gasteiger partial charge in [0.25, 0.3) is 0 Å². The molecule has 10 nitrogen and oxygen atoms in total. The molecule has 10 heteroatoms. The fourth-order valence-electron chi connectivity index (χ4n) is 5.23. The van der Waals surface area contributed by atoms with Gasteiger partial charge in [0.2, 0.25) is 0 Å². The summed E-state index contributed by atoms with van der Waals surface area (Å²) in [7, 11) is 3.12. The number of ether oxygens (including phenoxy) is 5. The number of hydrogen-bond donors (Lipinski definition) is 0. The van der Waals surface area contributed by atoms with Crippen molar-refractivity contribution in [3.63, 3.8) is 0 Å². The van der Waals surface area contributed by atoms with Crippen LogP contribution in [0.3, 0.4) is 0 Å². The molecule has 1 aromatic heterocycles. The molecule has 1 fully saturated rings. The number of rotatable bonds is 11. The molecule has 1 aliphatic heterocycles. The minimum atomic E-state index is -0.629. The Morgan fingerprint density at radius 2 is 1.64 bits per heavy atom. The van der Waals surface area contributed by atoms with Crippen LogP contribution in [-0.4, -0.2) is 74.6 Å². The van der Waals surface area contributed by atoms with E-state index in [0.717, 1.165) is 55.3 Å². The highest BCUT2D eigenvalue weighted by Gasteiger charge is 2.27. The molecule has 0 aliphatic carbocycles. The maximum Gasteiger partial charge on any atom is 0.425 e. The smallest absolute Gasteiger partial charge is 0.425 e. The molecule has 3 aromatic carbocycles. The average molecular weight is 613 g/mol. The first-order chi connectivity index (χ1) is 21.8. The molecule has 1 saturated heterocycles. The van der Waals surface area contributed by atoms with Crippen LogP contribution in [0.4, 0.5) is 16.3 Å². The predicted molar refractivity (Wildman–Crippen MR) is 172 cm³/mol. The van der Waals surface area contributed by atoms with Crippen LogP contribution < -0.4 is 23.8 Å². The number of para-hydroxylation sites is 1. The summed E-state index contributed by atoms with van der Waals surface area (Å²) in [5.74, 6) is 3.20. The summed E-state index contributed by atoms with van der Waals surface area (Å²) in [5, 5.41) is 0. The second-order valence-corrected chi connectivity index (χ2v) is 10.9. The van der Waals surface area contributed by atoms with Crippen LogP contribution in [-0.2, 0) is 11.2 Å². The summed E-state index contributed by atoms with van der Waals surface area (Å²) in [6, 6.07) is 20.6. The Morgan fingerprint density at radius 3 is 2.38 bits per heavy atom. The first kappa shape index (κ1) is 31.7. The normalized spacial score (nSPS) is 13.3. The van der Waals surface area contributed by atoms with Crippen molar-refractivity contribution in [3.8, 4) is 23.0 Å². The zero-order valence-electron chi connectivity index (χ0n) is 26.5. The van der Waals surface area contributed by atoms with Gasteiger partial charge in [-0.25, -0.2) is 19.7 Å². The number of hydrogen-bond acceptors (Lipinski definition) is 9. The number of nitrogens with zero attached hydrogens (tertiary/aromatic N) is 4. The monoisotopic (exact) mass is 612 g/mol. The van der Waals surface area contributed by atoms with E-state index in [4.69, 9.17) is 33.7 Å². The molecule has 0 spiro atoms. The maximum absolute atomic E-state index is 14.0. The summed E-state index contributed by atoms with van der Waals surface area (Å²) in [6.45, 7) is 10.5. The van der Waals surface area contributed by atoms with Gasteiger partial charge in [-0.15, -0.1) is 0 Å². The van der Waals surface area contributed by atoms with Crippen LogP contribution in [0.25, 0.3) is 0 Å². The van der Waals surface area contributed by atoms with E-state index in [2.05, 4.69) is 4.90 Å². The first-order valence-electron chi connectivity index (χ1n) is 15.0. The zero-order valence-corrected chi connectivity index (χ0v) is 26.5. The number of benzene rings is 3. The van der Waals surface area contributed by atoms with E-state index in [1.807, 2.05) is 63.2 Å². The third kappa shape index (κ3) is 8.09. The lowest BCUT2D eigenvalue weighted by atomic mass is 10.1. The van der Waals surface area contributed by atoms with Gasteiger partial charge in [-0.3, -0.25) is 4.90 Å². The minimum Gasteiger partial charge on any atom is -0.497 e. The minimum absolute atomic E-state index is 0.357. The quantitative estimate of drug-likeness (QED) is 0.200. The van der Waals surface area contributed by atoms with Crippen LogP contribution in [0.2, 0.25) is 0 Å². The first-order valence-corrected chi connectivity index (χ1v) is 15.0. The van der Waals surface area contributed by atoms with Crippen molar-refractivity contribution in [2.45, 2.75) is 27.2 Å². The Bertz CT molecular complexity index is 1600. The fraction of sp³-hybridized carbons (Fsp3) is 0.343. The molecule has 2 heterocycles. The molecule has 1 aliphatic rings. The SMILES string of the molecule is COc1ccc(N(C(=O)Oc2c(C)cccc2C)c2cc(C)nc(Cc3cccc(OCCN4CCOCC4)c3)n2)c(OC)c1. The summed E-state index contributed by atoms with van der Waals surface area (Å²) in [4.78, 5) is 27.3.